The summed E-state index contributed by atoms with van der Waals surface area (Å²) >= 11 is 0. The van der Waals surface area contributed by atoms with Gasteiger partial charge in [-0.25, -0.2) is 0 Å². The van der Waals surface area contributed by atoms with E-state index in [0.717, 1.165) is 18.5 Å². The first-order chi connectivity index (χ1) is 12.1. The second kappa shape index (κ2) is 8.43. The van der Waals surface area contributed by atoms with Gasteiger partial charge in [-0.3, -0.25) is 19.5 Å². The molecule has 0 radical (unpaired) electrons. The van der Waals surface area contributed by atoms with Crippen LogP contribution in [0.2, 0.25) is 0 Å². The van der Waals surface area contributed by atoms with Crippen molar-refractivity contribution in [3.63, 3.8) is 0 Å². The van der Waals surface area contributed by atoms with Crippen molar-refractivity contribution in [2.75, 3.05) is 19.6 Å². The molecule has 2 heterocycles. The Bertz CT molecular complexity index is 585. The number of carbonyl (C=O) groups is 2. The molecule has 1 aliphatic carbocycles. The van der Waals surface area contributed by atoms with E-state index in [9.17, 15) is 14.7 Å². The number of carboxylic acid groups (broad SMARTS) is 1. The van der Waals surface area contributed by atoms with Crippen LogP contribution in [0.1, 0.15) is 50.1 Å². The highest BCUT2D eigenvalue weighted by Crippen LogP contribution is 2.31. The van der Waals surface area contributed by atoms with Crippen LogP contribution in [0.3, 0.4) is 0 Å². The number of carboxylic acids is 1. The molecule has 0 spiro atoms. The zero-order valence-electron chi connectivity index (χ0n) is 14.6. The molecular weight excluding hydrogens is 318 g/mol. The fourth-order valence-electron chi connectivity index (χ4n) is 4.06. The van der Waals surface area contributed by atoms with Crippen LogP contribution in [-0.4, -0.2) is 52.5 Å². The lowest BCUT2D eigenvalue weighted by Crippen LogP contribution is -2.41. The number of carbonyl (C=O) groups excluding carboxylic acids is 1. The Morgan fingerprint density at radius 2 is 1.92 bits per heavy atom. The van der Waals surface area contributed by atoms with Crippen molar-refractivity contribution < 1.29 is 14.7 Å². The molecule has 0 aromatic carbocycles. The van der Waals surface area contributed by atoms with Crippen LogP contribution in [0.5, 0.6) is 0 Å². The van der Waals surface area contributed by atoms with Crippen molar-refractivity contribution in [3.8, 4) is 0 Å². The highest BCUT2D eigenvalue weighted by Gasteiger charge is 2.39. The quantitative estimate of drug-likeness (QED) is 0.798. The first kappa shape index (κ1) is 17.9. The number of aromatic nitrogens is 1. The number of amides is 1. The fourth-order valence-corrected chi connectivity index (χ4v) is 4.06. The topological polar surface area (TPSA) is 82.5 Å². The standard InChI is InChI=1S/C19H27N3O3/c23-18(21-14-7-3-1-2-4-8-14)13-22-11-15(16(12-22)19(24)25)17-9-5-6-10-20-17/h5-6,9-10,14-16H,1-4,7-8,11-13H2,(H,21,23)(H,24,25)/t15-,16-/m1/s1. The molecule has 1 aliphatic heterocycles. The largest absolute Gasteiger partial charge is 0.481 e. The Morgan fingerprint density at radius 1 is 1.16 bits per heavy atom. The zero-order chi connectivity index (χ0) is 17.6. The maximum absolute atomic E-state index is 12.4. The Morgan fingerprint density at radius 3 is 2.56 bits per heavy atom. The summed E-state index contributed by atoms with van der Waals surface area (Å²) in [6, 6.07) is 5.85. The fraction of sp³-hybridized carbons (Fsp3) is 0.632. The molecule has 0 bridgehead atoms. The molecule has 25 heavy (non-hydrogen) atoms. The molecule has 2 N–H and O–H groups in total. The third-order valence-electron chi connectivity index (χ3n) is 5.37. The van der Waals surface area contributed by atoms with Crippen molar-refractivity contribution in [1.82, 2.24) is 15.2 Å². The van der Waals surface area contributed by atoms with Gasteiger partial charge in [0, 0.05) is 36.9 Å². The number of aliphatic carboxylic acids is 1. The molecule has 1 saturated heterocycles. The van der Waals surface area contributed by atoms with Gasteiger partial charge in [-0.15, -0.1) is 0 Å². The molecule has 2 aliphatic rings. The predicted molar refractivity (Wildman–Crippen MR) is 94.2 cm³/mol. The van der Waals surface area contributed by atoms with E-state index in [-0.39, 0.29) is 24.4 Å². The average Bonchev–Trinajstić information content (AvgIpc) is 2.85. The van der Waals surface area contributed by atoms with Crippen LogP contribution < -0.4 is 5.32 Å². The van der Waals surface area contributed by atoms with Crippen molar-refractivity contribution in [3.05, 3.63) is 30.1 Å². The van der Waals surface area contributed by atoms with E-state index in [1.165, 1.54) is 25.7 Å². The molecule has 6 heteroatoms. The van der Waals surface area contributed by atoms with Crippen molar-refractivity contribution in [1.29, 1.82) is 0 Å². The monoisotopic (exact) mass is 345 g/mol. The van der Waals surface area contributed by atoms with Crippen LogP contribution in [0.25, 0.3) is 0 Å². The van der Waals surface area contributed by atoms with E-state index >= 15 is 0 Å². The molecule has 1 saturated carbocycles. The summed E-state index contributed by atoms with van der Waals surface area (Å²) in [5, 5.41) is 12.7. The van der Waals surface area contributed by atoms with Crippen LogP contribution in [-0.2, 0) is 9.59 Å². The van der Waals surface area contributed by atoms with Gasteiger partial charge in [-0.2, -0.15) is 0 Å². The van der Waals surface area contributed by atoms with Gasteiger partial charge in [0.1, 0.15) is 0 Å². The molecule has 2 fully saturated rings. The highest BCUT2D eigenvalue weighted by atomic mass is 16.4. The molecule has 1 amide bonds. The minimum absolute atomic E-state index is 0.0118. The van der Waals surface area contributed by atoms with Crippen LogP contribution in [0.4, 0.5) is 0 Å². The maximum atomic E-state index is 12.4. The van der Waals surface area contributed by atoms with E-state index in [1.54, 1.807) is 6.20 Å². The Hall–Kier alpha value is -1.95. The zero-order valence-corrected chi connectivity index (χ0v) is 14.6. The number of hydrogen-bond acceptors (Lipinski definition) is 4. The van der Waals surface area contributed by atoms with E-state index in [4.69, 9.17) is 0 Å². The van der Waals surface area contributed by atoms with Crippen LogP contribution in [0, 0.1) is 5.92 Å². The Labute approximate surface area is 148 Å². The molecule has 1 aromatic rings. The lowest BCUT2D eigenvalue weighted by Gasteiger charge is -2.20. The van der Waals surface area contributed by atoms with Gasteiger partial charge < -0.3 is 10.4 Å². The first-order valence-electron chi connectivity index (χ1n) is 9.29. The number of likely N-dealkylation sites (tertiary alicyclic amines) is 1. The SMILES string of the molecule is O=C(CN1C[C@@H](C(=O)O)[C@H](c2ccccn2)C1)NC1CCCCCC1. The summed E-state index contributed by atoms with van der Waals surface area (Å²) in [6.45, 7) is 1.23. The predicted octanol–water partition coefficient (Wildman–Crippen LogP) is 2.02. The minimum Gasteiger partial charge on any atom is -0.481 e. The third-order valence-corrected chi connectivity index (χ3v) is 5.37. The molecule has 136 valence electrons. The van der Waals surface area contributed by atoms with Gasteiger partial charge in [0.2, 0.25) is 5.91 Å². The van der Waals surface area contributed by atoms with Gasteiger partial charge in [0.05, 0.1) is 12.5 Å². The number of rotatable bonds is 5. The van der Waals surface area contributed by atoms with Crippen molar-refractivity contribution in [2.24, 2.45) is 5.92 Å². The van der Waals surface area contributed by atoms with E-state index < -0.39 is 11.9 Å². The summed E-state index contributed by atoms with van der Waals surface area (Å²) in [6.07, 6.45) is 8.67. The van der Waals surface area contributed by atoms with E-state index in [1.807, 2.05) is 23.1 Å². The Kier molecular flexibility index (Phi) is 6.02. The number of nitrogens with one attached hydrogen (secondary N) is 1. The molecule has 2 atom stereocenters. The second-order valence-electron chi connectivity index (χ2n) is 7.26. The first-order valence-corrected chi connectivity index (χ1v) is 9.29. The number of hydrogen-bond donors (Lipinski definition) is 2. The van der Waals surface area contributed by atoms with Crippen molar-refractivity contribution >= 4 is 11.9 Å². The maximum Gasteiger partial charge on any atom is 0.308 e. The summed E-state index contributed by atoms with van der Waals surface area (Å²) in [5.74, 6) is -1.48. The van der Waals surface area contributed by atoms with Gasteiger partial charge in [0.25, 0.3) is 0 Å². The van der Waals surface area contributed by atoms with Gasteiger partial charge in [0.15, 0.2) is 0 Å². The van der Waals surface area contributed by atoms with E-state index in [0.29, 0.717) is 13.1 Å². The summed E-state index contributed by atoms with van der Waals surface area (Å²) in [5.41, 5.74) is 0.793. The number of pyridine rings is 1. The molecule has 6 nitrogen and oxygen atoms in total. The average molecular weight is 345 g/mol. The van der Waals surface area contributed by atoms with Crippen molar-refractivity contribution in [2.45, 2.75) is 50.5 Å². The normalized spacial score (nSPS) is 25.4. The smallest absolute Gasteiger partial charge is 0.308 e. The van der Waals surface area contributed by atoms with Crippen LogP contribution >= 0.6 is 0 Å². The summed E-state index contributed by atoms with van der Waals surface area (Å²) in [7, 11) is 0. The third kappa shape index (κ3) is 4.78. The molecule has 0 unspecified atom stereocenters. The summed E-state index contributed by atoms with van der Waals surface area (Å²) in [4.78, 5) is 30.3. The van der Waals surface area contributed by atoms with Gasteiger partial charge >= 0.3 is 5.97 Å². The molecular formula is C19H27N3O3. The van der Waals surface area contributed by atoms with Gasteiger partial charge in [-0.1, -0.05) is 31.7 Å². The molecule has 3 rings (SSSR count). The van der Waals surface area contributed by atoms with E-state index in [2.05, 4.69) is 10.3 Å². The minimum atomic E-state index is -0.817. The summed E-state index contributed by atoms with van der Waals surface area (Å²) < 4.78 is 0. The van der Waals surface area contributed by atoms with Crippen LogP contribution in [0.15, 0.2) is 24.4 Å². The highest BCUT2D eigenvalue weighted by molar-refractivity contribution is 5.79. The van der Waals surface area contributed by atoms with Gasteiger partial charge in [-0.05, 0) is 25.0 Å². The second-order valence-corrected chi connectivity index (χ2v) is 7.26. The lowest BCUT2D eigenvalue weighted by molar-refractivity contribution is -0.141. The number of nitrogens with zero attached hydrogens (tertiary/aromatic N) is 2. The lowest BCUT2D eigenvalue weighted by atomic mass is 9.93. The molecule has 1 aromatic heterocycles. The Balaban J connectivity index is 1.57.